The maximum absolute atomic E-state index is 10.8. The normalized spacial score (nSPS) is 19.6. The van der Waals surface area contributed by atoms with Crippen LogP contribution >= 0.6 is 0 Å². The first-order valence-electron chi connectivity index (χ1n) is 13.3. The van der Waals surface area contributed by atoms with Crippen LogP contribution < -0.4 is 5.46 Å². The van der Waals surface area contributed by atoms with Gasteiger partial charge in [0, 0.05) is 31.5 Å². The molecule has 36 heavy (non-hydrogen) atoms. The minimum Gasteiger partial charge on any atom is -0.534 e. The number of hydrogen-bond acceptors (Lipinski definition) is 4. The summed E-state index contributed by atoms with van der Waals surface area (Å²) in [5, 5.41) is 10.8. The molecule has 0 spiro atoms. The highest BCUT2D eigenvalue weighted by Gasteiger charge is 2.43. The minimum atomic E-state index is -0.770. The summed E-state index contributed by atoms with van der Waals surface area (Å²) >= 11 is 0. The van der Waals surface area contributed by atoms with Crippen molar-refractivity contribution in [2.75, 3.05) is 13.2 Å². The van der Waals surface area contributed by atoms with Crippen LogP contribution in [0.15, 0.2) is 54.8 Å². The van der Waals surface area contributed by atoms with Crippen LogP contribution in [-0.4, -0.2) is 36.6 Å². The van der Waals surface area contributed by atoms with Gasteiger partial charge in [-0.2, -0.15) is 0 Å². The molecule has 2 aliphatic rings. The second-order valence-corrected chi connectivity index (χ2v) is 11.0. The lowest BCUT2D eigenvalue weighted by atomic mass is 9.68. The Morgan fingerprint density at radius 1 is 1.00 bits per heavy atom. The fraction of sp³-hybridized carbons (Fsp3) is 0.484. The predicted octanol–water partition coefficient (Wildman–Crippen LogP) is 6.00. The summed E-state index contributed by atoms with van der Waals surface area (Å²) in [4.78, 5) is 0. The van der Waals surface area contributed by atoms with Crippen LogP contribution in [0, 0.1) is 13.8 Å². The van der Waals surface area contributed by atoms with Gasteiger partial charge < -0.3 is 19.2 Å². The molecule has 2 aromatic carbocycles. The quantitative estimate of drug-likeness (QED) is 0.486. The summed E-state index contributed by atoms with van der Waals surface area (Å²) in [6.45, 7) is 18.1. The Morgan fingerprint density at radius 2 is 1.61 bits per heavy atom. The van der Waals surface area contributed by atoms with Crippen molar-refractivity contribution in [3.63, 3.8) is 0 Å². The van der Waals surface area contributed by atoms with E-state index >= 15 is 0 Å². The predicted molar refractivity (Wildman–Crippen MR) is 149 cm³/mol. The van der Waals surface area contributed by atoms with Crippen molar-refractivity contribution >= 4 is 18.7 Å². The Kier molecular flexibility index (Phi) is 7.57. The van der Waals surface area contributed by atoms with Crippen molar-refractivity contribution in [1.29, 1.82) is 0 Å². The van der Waals surface area contributed by atoms with Gasteiger partial charge in [-0.15, -0.1) is 0 Å². The Hall–Kier alpha value is -2.34. The van der Waals surface area contributed by atoms with Gasteiger partial charge in [0.1, 0.15) is 5.60 Å². The molecule has 0 amide bonds. The highest BCUT2D eigenvalue weighted by molar-refractivity contribution is 6.62. The maximum atomic E-state index is 10.8. The van der Waals surface area contributed by atoms with E-state index in [4.69, 9.17) is 14.0 Å². The van der Waals surface area contributed by atoms with Crippen molar-refractivity contribution in [3.8, 4) is 0 Å². The Morgan fingerprint density at radius 3 is 2.14 bits per heavy atom. The number of aliphatic hydroxyl groups is 1. The number of aryl methyl sites for hydroxylation is 2. The van der Waals surface area contributed by atoms with E-state index in [1.165, 1.54) is 16.7 Å². The van der Waals surface area contributed by atoms with Gasteiger partial charge in [-0.25, -0.2) is 0 Å². The molecule has 2 aliphatic heterocycles. The molecule has 0 aromatic heterocycles. The summed E-state index contributed by atoms with van der Waals surface area (Å²) < 4.78 is 17.5. The monoisotopic (exact) mass is 488 g/mol. The Balaban J connectivity index is 1.63. The molecule has 0 radical (unpaired) electrons. The van der Waals surface area contributed by atoms with E-state index in [0.717, 1.165) is 29.4 Å². The molecular weight excluding hydrogens is 447 g/mol. The first-order chi connectivity index (χ1) is 17.0. The molecule has 0 aliphatic carbocycles. The van der Waals surface area contributed by atoms with Gasteiger partial charge in [-0.05, 0) is 73.8 Å². The molecule has 0 saturated carbocycles. The molecule has 2 fully saturated rings. The standard InChI is InChI=1S/C31H41BO4/c1-8-31(9-2,27-12-13-28(23(4)21-27)32-35-24(5)29(6,7)36-32)26-11-10-25(22(3)20-26)14-15-30(33)16-18-34-19-17-30/h10-15,20-21,33H,5,8-9,16-19H2,1-4,6-7H3/b15-14+. The zero-order valence-corrected chi connectivity index (χ0v) is 22.8. The molecule has 192 valence electrons. The highest BCUT2D eigenvalue weighted by Crippen LogP contribution is 2.40. The van der Waals surface area contributed by atoms with Crippen LogP contribution in [0.3, 0.4) is 0 Å². The van der Waals surface area contributed by atoms with Gasteiger partial charge in [-0.3, -0.25) is 0 Å². The Labute approximate surface area is 217 Å². The topological polar surface area (TPSA) is 47.9 Å². The van der Waals surface area contributed by atoms with E-state index in [2.05, 4.69) is 76.7 Å². The molecular formula is C31H41BO4. The van der Waals surface area contributed by atoms with Crippen LogP contribution in [0.4, 0.5) is 0 Å². The number of hydrogen-bond donors (Lipinski definition) is 1. The van der Waals surface area contributed by atoms with E-state index in [1.54, 1.807) is 0 Å². The third kappa shape index (κ3) is 5.07. The summed E-state index contributed by atoms with van der Waals surface area (Å²) in [5.41, 5.74) is 5.86. The fourth-order valence-electron chi connectivity index (χ4n) is 5.52. The zero-order chi connectivity index (χ0) is 26.1. The average Bonchev–Trinajstić information content (AvgIpc) is 3.12. The number of rotatable bonds is 7. The summed E-state index contributed by atoms with van der Waals surface area (Å²) in [6, 6.07) is 13.5. The smallest absolute Gasteiger partial charge is 0.534 e. The van der Waals surface area contributed by atoms with Gasteiger partial charge >= 0.3 is 7.12 Å². The van der Waals surface area contributed by atoms with Crippen molar-refractivity contribution in [3.05, 3.63) is 82.6 Å². The van der Waals surface area contributed by atoms with Crippen molar-refractivity contribution in [2.45, 2.75) is 83.8 Å². The van der Waals surface area contributed by atoms with Crippen LogP contribution in [-0.2, 0) is 19.5 Å². The van der Waals surface area contributed by atoms with Crippen molar-refractivity contribution < 1.29 is 19.2 Å². The van der Waals surface area contributed by atoms with E-state index in [0.29, 0.717) is 31.8 Å². The lowest BCUT2D eigenvalue weighted by molar-refractivity contribution is -0.0317. The van der Waals surface area contributed by atoms with E-state index in [-0.39, 0.29) is 5.41 Å². The number of ether oxygens (including phenoxy) is 1. The summed E-state index contributed by atoms with van der Waals surface area (Å²) in [7, 11) is -0.418. The van der Waals surface area contributed by atoms with Crippen LogP contribution in [0.5, 0.6) is 0 Å². The van der Waals surface area contributed by atoms with E-state index < -0.39 is 18.3 Å². The van der Waals surface area contributed by atoms with Crippen molar-refractivity contribution in [1.82, 2.24) is 0 Å². The van der Waals surface area contributed by atoms with Crippen LogP contribution in [0.2, 0.25) is 0 Å². The lowest BCUT2D eigenvalue weighted by Gasteiger charge is -2.34. The second kappa shape index (κ2) is 10.2. The largest absolute Gasteiger partial charge is 0.563 e. The lowest BCUT2D eigenvalue weighted by Crippen LogP contribution is -2.37. The molecule has 1 N–H and O–H groups in total. The van der Waals surface area contributed by atoms with E-state index in [9.17, 15) is 5.11 Å². The fourth-order valence-corrected chi connectivity index (χ4v) is 5.52. The zero-order valence-electron chi connectivity index (χ0n) is 22.8. The van der Waals surface area contributed by atoms with Crippen LogP contribution in [0.25, 0.3) is 6.08 Å². The third-order valence-corrected chi connectivity index (χ3v) is 8.36. The highest BCUT2D eigenvalue weighted by atomic mass is 16.7. The summed E-state index contributed by atoms with van der Waals surface area (Å²) in [6.07, 6.45) is 7.31. The minimum absolute atomic E-state index is 0.0878. The van der Waals surface area contributed by atoms with Crippen LogP contribution in [0.1, 0.15) is 81.2 Å². The van der Waals surface area contributed by atoms with Gasteiger partial charge in [-0.1, -0.05) is 69.0 Å². The molecule has 2 aromatic rings. The van der Waals surface area contributed by atoms with Gasteiger partial charge in [0.05, 0.1) is 11.4 Å². The summed E-state index contributed by atoms with van der Waals surface area (Å²) in [5.74, 6) is 0.668. The third-order valence-electron chi connectivity index (χ3n) is 8.36. The molecule has 0 atom stereocenters. The Bertz CT molecular complexity index is 1140. The van der Waals surface area contributed by atoms with Gasteiger partial charge in [0.2, 0.25) is 0 Å². The second-order valence-electron chi connectivity index (χ2n) is 11.0. The molecule has 2 saturated heterocycles. The SMILES string of the molecule is C=C1OB(c2ccc(C(CC)(CC)c3ccc(/C=C/C4(O)CCOCC4)c(C)c3)cc2C)OC1(C)C. The first kappa shape index (κ1) is 26.7. The molecule has 5 heteroatoms. The van der Waals surface area contributed by atoms with E-state index in [1.807, 2.05) is 19.9 Å². The molecule has 2 heterocycles. The average molecular weight is 488 g/mol. The van der Waals surface area contributed by atoms with Gasteiger partial charge in [0.25, 0.3) is 0 Å². The molecule has 0 bridgehead atoms. The molecule has 4 nitrogen and oxygen atoms in total. The van der Waals surface area contributed by atoms with Gasteiger partial charge in [0.15, 0.2) is 0 Å². The first-order valence-corrected chi connectivity index (χ1v) is 13.3. The maximum Gasteiger partial charge on any atom is 0.563 e. The molecule has 0 unspecified atom stereocenters. The van der Waals surface area contributed by atoms with Crippen molar-refractivity contribution in [2.24, 2.45) is 0 Å². The molecule has 4 rings (SSSR count). The number of benzene rings is 2.